The number of rotatable bonds is 2. The van der Waals surface area contributed by atoms with Crippen molar-refractivity contribution in [3.63, 3.8) is 0 Å². The third-order valence-corrected chi connectivity index (χ3v) is 4.71. The average Bonchev–Trinajstić information content (AvgIpc) is 2.56. The van der Waals surface area contributed by atoms with Crippen molar-refractivity contribution >= 4 is 32.6 Å². The highest BCUT2D eigenvalue weighted by atomic mass is 79.9. The molecule has 23 heavy (non-hydrogen) atoms. The Balaban J connectivity index is 1.99. The normalized spacial score (nSPS) is 12.9. The van der Waals surface area contributed by atoms with Crippen molar-refractivity contribution in [2.45, 2.75) is 13.3 Å². The highest BCUT2D eigenvalue weighted by molar-refractivity contribution is 9.10. The number of pyridine rings is 1. The van der Waals surface area contributed by atoms with Crippen LogP contribution in [0.1, 0.15) is 34.0 Å². The molecule has 1 heterocycles. The maximum Gasteiger partial charge on any atom is 0.228 e. The topological polar surface area (TPSA) is 39.2 Å². The van der Waals surface area contributed by atoms with E-state index in [4.69, 9.17) is 4.74 Å². The zero-order valence-electron chi connectivity index (χ0n) is 12.6. The lowest BCUT2D eigenvalue weighted by molar-refractivity contribution is 0.103. The van der Waals surface area contributed by atoms with Gasteiger partial charge in [0, 0.05) is 10.9 Å². The zero-order valence-corrected chi connectivity index (χ0v) is 14.2. The van der Waals surface area contributed by atoms with Crippen LogP contribution in [0.5, 0.6) is 5.88 Å². The van der Waals surface area contributed by atoms with Crippen LogP contribution in [0.3, 0.4) is 0 Å². The predicted molar refractivity (Wildman–Crippen MR) is 93.3 cm³/mol. The maximum atomic E-state index is 13.0. The average molecular weight is 368 g/mol. The van der Waals surface area contributed by atoms with Gasteiger partial charge in [0.25, 0.3) is 0 Å². The van der Waals surface area contributed by atoms with Gasteiger partial charge < -0.3 is 4.74 Å². The molecule has 2 aromatic carbocycles. The summed E-state index contributed by atoms with van der Waals surface area (Å²) in [4.78, 5) is 17.6. The summed E-state index contributed by atoms with van der Waals surface area (Å²) in [6.45, 7) is 2.45. The minimum atomic E-state index is 0.0460. The number of ether oxygens (including phenoxy) is 1. The molecule has 4 rings (SSSR count). The molecule has 0 unspecified atom stereocenters. The molecule has 0 N–H and O–H groups in total. The van der Waals surface area contributed by atoms with Gasteiger partial charge in [-0.05, 0) is 46.5 Å². The number of benzene rings is 2. The summed E-state index contributed by atoms with van der Waals surface area (Å²) in [7, 11) is 0. The van der Waals surface area contributed by atoms with E-state index in [1.165, 1.54) is 0 Å². The van der Waals surface area contributed by atoms with E-state index in [2.05, 4.69) is 20.9 Å². The predicted octanol–water partition coefficient (Wildman–Crippen LogP) is 4.53. The smallest absolute Gasteiger partial charge is 0.228 e. The van der Waals surface area contributed by atoms with E-state index in [0.717, 1.165) is 33.0 Å². The first-order valence-corrected chi connectivity index (χ1v) is 8.36. The highest BCUT2D eigenvalue weighted by Crippen LogP contribution is 2.35. The van der Waals surface area contributed by atoms with Gasteiger partial charge in [-0.2, -0.15) is 0 Å². The standard InChI is InChI=1S/C19H14BrNO2/c1-2-23-19-15(20)10-13-8-7-12-9-11-5-3-4-6-14(11)18(22)16(12)17(13)21-19/h3-8,10H,2,9H2,1H3. The monoisotopic (exact) mass is 367 g/mol. The fourth-order valence-electron chi connectivity index (χ4n) is 3.11. The second-order valence-electron chi connectivity index (χ2n) is 5.54. The first kappa shape index (κ1) is 14.4. The fraction of sp³-hybridized carbons (Fsp3) is 0.158. The van der Waals surface area contributed by atoms with Gasteiger partial charge in [0.05, 0.1) is 22.2 Å². The van der Waals surface area contributed by atoms with E-state index in [0.29, 0.717) is 23.6 Å². The number of halogens is 1. The molecule has 0 aliphatic heterocycles. The first-order chi connectivity index (χ1) is 11.2. The molecular weight excluding hydrogens is 354 g/mol. The number of carbonyl (C=O) groups is 1. The van der Waals surface area contributed by atoms with E-state index >= 15 is 0 Å². The Kier molecular flexibility index (Phi) is 3.42. The van der Waals surface area contributed by atoms with Gasteiger partial charge >= 0.3 is 0 Å². The lowest BCUT2D eigenvalue weighted by Crippen LogP contribution is -2.16. The molecule has 114 valence electrons. The Hall–Kier alpha value is -2.20. The van der Waals surface area contributed by atoms with Gasteiger partial charge in [-0.1, -0.05) is 36.4 Å². The molecule has 3 aromatic rings. The van der Waals surface area contributed by atoms with Crippen molar-refractivity contribution in [3.8, 4) is 5.88 Å². The molecule has 3 nitrogen and oxygen atoms in total. The highest BCUT2D eigenvalue weighted by Gasteiger charge is 2.26. The fourth-order valence-corrected chi connectivity index (χ4v) is 3.56. The Morgan fingerprint density at radius 3 is 2.83 bits per heavy atom. The summed E-state index contributed by atoms with van der Waals surface area (Å²) in [6, 6.07) is 13.8. The third kappa shape index (κ3) is 2.25. The summed E-state index contributed by atoms with van der Waals surface area (Å²) >= 11 is 3.48. The van der Waals surface area contributed by atoms with Gasteiger partial charge in [-0.3, -0.25) is 4.79 Å². The van der Waals surface area contributed by atoms with Crippen molar-refractivity contribution in [2.75, 3.05) is 6.61 Å². The van der Waals surface area contributed by atoms with Crippen LogP contribution in [0, 0.1) is 0 Å². The second-order valence-corrected chi connectivity index (χ2v) is 6.40. The minimum absolute atomic E-state index is 0.0460. The lowest BCUT2D eigenvalue weighted by atomic mass is 9.84. The molecule has 1 aliphatic rings. The summed E-state index contributed by atoms with van der Waals surface area (Å²) in [5.41, 5.74) is 4.29. The van der Waals surface area contributed by atoms with Crippen LogP contribution in [0.2, 0.25) is 0 Å². The van der Waals surface area contributed by atoms with Crippen LogP contribution < -0.4 is 4.74 Å². The molecule has 0 saturated heterocycles. The molecule has 0 spiro atoms. The summed E-state index contributed by atoms with van der Waals surface area (Å²) in [5, 5.41) is 0.937. The van der Waals surface area contributed by atoms with Crippen molar-refractivity contribution in [2.24, 2.45) is 0 Å². The van der Waals surface area contributed by atoms with Gasteiger partial charge in [-0.15, -0.1) is 0 Å². The lowest BCUT2D eigenvalue weighted by Gasteiger charge is -2.20. The second kappa shape index (κ2) is 5.46. The molecule has 0 bridgehead atoms. The van der Waals surface area contributed by atoms with Gasteiger partial charge in [0.2, 0.25) is 5.88 Å². The van der Waals surface area contributed by atoms with Crippen LogP contribution >= 0.6 is 15.9 Å². The van der Waals surface area contributed by atoms with Crippen LogP contribution in [-0.4, -0.2) is 17.4 Å². The van der Waals surface area contributed by atoms with Gasteiger partial charge in [0.1, 0.15) is 0 Å². The van der Waals surface area contributed by atoms with Crippen molar-refractivity contribution < 1.29 is 9.53 Å². The van der Waals surface area contributed by atoms with Crippen LogP contribution in [0.15, 0.2) is 46.9 Å². The number of nitrogens with zero attached hydrogens (tertiary/aromatic N) is 1. The maximum absolute atomic E-state index is 13.0. The molecule has 0 saturated carbocycles. The Bertz CT molecular complexity index is 949. The number of ketones is 1. The summed E-state index contributed by atoms with van der Waals surface area (Å²) < 4.78 is 6.37. The van der Waals surface area contributed by atoms with Crippen LogP contribution in [-0.2, 0) is 6.42 Å². The Labute approximate surface area is 142 Å². The molecule has 0 radical (unpaired) electrons. The summed E-state index contributed by atoms with van der Waals surface area (Å²) in [5.74, 6) is 0.574. The molecule has 0 atom stereocenters. The molecule has 1 aromatic heterocycles. The molecule has 0 amide bonds. The summed E-state index contributed by atoms with van der Waals surface area (Å²) in [6.07, 6.45) is 0.759. The third-order valence-electron chi connectivity index (χ3n) is 4.15. The van der Waals surface area contributed by atoms with E-state index in [-0.39, 0.29) is 5.78 Å². The van der Waals surface area contributed by atoms with Crippen molar-refractivity contribution in [1.82, 2.24) is 4.98 Å². The molecule has 4 heteroatoms. The van der Waals surface area contributed by atoms with Crippen molar-refractivity contribution in [1.29, 1.82) is 0 Å². The molecular formula is C19H14BrNO2. The van der Waals surface area contributed by atoms with Gasteiger partial charge in [0.15, 0.2) is 5.78 Å². The number of aromatic nitrogens is 1. The molecule has 0 fully saturated rings. The number of carbonyl (C=O) groups excluding carboxylic acids is 1. The largest absolute Gasteiger partial charge is 0.477 e. The van der Waals surface area contributed by atoms with E-state index in [1.807, 2.05) is 49.4 Å². The molecule has 1 aliphatic carbocycles. The van der Waals surface area contributed by atoms with Crippen molar-refractivity contribution in [3.05, 3.63) is 69.2 Å². The number of hydrogen-bond donors (Lipinski definition) is 0. The van der Waals surface area contributed by atoms with Gasteiger partial charge in [-0.25, -0.2) is 4.98 Å². The number of fused-ring (bicyclic) bond motifs is 4. The minimum Gasteiger partial charge on any atom is -0.477 e. The number of hydrogen-bond acceptors (Lipinski definition) is 3. The van der Waals surface area contributed by atoms with Crippen LogP contribution in [0.4, 0.5) is 0 Å². The van der Waals surface area contributed by atoms with E-state index in [1.54, 1.807) is 0 Å². The quantitative estimate of drug-likeness (QED) is 0.522. The van der Waals surface area contributed by atoms with Crippen LogP contribution in [0.25, 0.3) is 10.9 Å². The van der Waals surface area contributed by atoms with E-state index < -0.39 is 0 Å². The zero-order chi connectivity index (χ0) is 16.0. The Morgan fingerprint density at radius 1 is 1.17 bits per heavy atom. The Morgan fingerprint density at radius 2 is 2.00 bits per heavy atom. The van der Waals surface area contributed by atoms with E-state index in [9.17, 15) is 4.79 Å². The first-order valence-electron chi connectivity index (χ1n) is 7.56. The SMILES string of the molecule is CCOc1nc2c3c(ccc2cc1Br)Cc1ccccc1C3=O.